The Labute approximate surface area is 93.8 Å². The summed E-state index contributed by atoms with van der Waals surface area (Å²) in [4.78, 5) is 0. The predicted octanol–water partition coefficient (Wildman–Crippen LogP) is 3.11. The third kappa shape index (κ3) is 3.24. The Morgan fingerprint density at radius 3 is 2.53 bits per heavy atom. The van der Waals surface area contributed by atoms with E-state index in [1.54, 1.807) is 6.08 Å². The summed E-state index contributed by atoms with van der Waals surface area (Å²) in [5.74, 6) is 1.03. The summed E-state index contributed by atoms with van der Waals surface area (Å²) in [6.45, 7) is 13.4. The monoisotopic (exact) mass is 220 g/mol. The first-order valence-corrected chi connectivity index (χ1v) is 8.80. The molecule has 0 saturated heterocycles. The van der Waals surface area contributed by atoms with E-state index in [4.69, 9.17) is 4.74 Å². The van der Waals surface area contributed by atoms with E-state index in [2.05, 4.69) is 51.3 Å². The molecule has 0 N–H and O–H groups in total. The Morgan fingerprint density at radius 1 is 1.33 bits per heavy atom. The first-order chi connectivity index (χ1) is 6.95. The maximum Gasteiger partial charge on any atom is 0.119 e. The van der Waals surface area contributed by atoms with Gasteiger partial charge < -0.3 is 4.74 Å². The van der Waals surface area contributed by atoms with Gasteiger partial charge in [-0.1, -0.05) is 50.0 Å². The van der Waals surface area contributed by atoms with Crippen LogP contribution in [0.1, 0.15) is 5.56 Å². The molecule has 0 spiro atoms. The largest absolute Gasteiger partial charge is 0.490 e. The smallest absolute Gasteiger partial charge is 0.119 e. The van der Waals surface area contributed by atoms with E-state index >= 15 is 0 Å². The number of rotatable bonds is 4. The molecular weight excluding hydrogens is 200 g/mol. The fourth-order valence-corrected chi connectivity index (χ4v) is 3.06. The average molecular weight is 220 g/mol. The lowest BCUT2D eigenvalue weighted by Gasteiger charge is -2.21. The van der Waals surface area contributed by atoms with Crippen LogP contribution in [0.3, 0.4) is 0 Å². The molecule has 1 nitrogen and oxygen atoms in total. The molecule has 0 radical (unpaired) electrons. The van der Waals surface area contributed by atoms with Crippen LogP contribution in [0.4, 0.5) is 0 Å². The molecule has 0 saturated carbocycles. The molecular formula is C13H20OSi. The maximum absolute atomic E-state index is 5.68. The second-order valence-electron chi connectivity index (χ2n) is 4.85. The summed E-state index contributed by atoms with van der Waals surface area (Å²) in [7, 11) is -1.32. The first kappa shape index (κ1) is 12.0. The van der Waals surface area contributed by atoms with Gasteiger partial charge in [0.05, 0.1) is 8.07 Å². The molecule has 0 aliphatic carbocycles. The second kappa shape index (κ2) is 4.66. The number of ether oxygens (including phenoxy) is 1. The Kier molecular flexibility index (Phi) is 3.75. The minimum atomic E-state index is -1.32. The second-order valence-corrected chi connectivity index (χ2v) is 9.89. The van der Waals surface area contributed by atoms with Gasteiger partial charge in [-0.3, -0.25) is 0 Å². The highest BCUT2D eigenvalue weighted by Crippen LogP contribution is 2.15. The van der Waals surface area contributed by atoms with Crippen molar-refractivity contribution in [1.82, 2.24) is 0 Å². The summed E-state index contributed by atoms with van der Waals surface area (Å²) in [6.07, 6.45) is 1.79. The lowest BCUT2D eigenvalue weighted by molar-refractivity contribution is 0.366. The zero-order valence-electron chi connectivity index (χ0n) is 10.1. The number of hydrogen-bond donors (Lipinski definition) is 0. The predicted molar refractivity (Wildman–Crippen MR) is 69.9 cm³/mol. The number of hydrogen-bond acceptors (Lipinski definition) is 1. The molecule has 0 aliphatic heterocycles. The lowest BCUT2D eigenvalue weighted by Crippen LogP contribution is -2.38. The van der Waals surface area contributed by atoms with Gasteiger partial charge >= 0.3 is 0 Å². The van der Waals surface area contributed by atoms with Crippen molar-refractivity contribution in [2.24, 2.45) is 0 Å². The van der Waals surface area contributed by atoms with Crippen LogP contribution in [0.15, 0.2) is 30.9 Å². The minimum absolute atomic E-state index is 0.584. The van der Waals surface area contributed by atoms with Crippen LogP contribution in [0.25, 0.3) is 0 Å². The Balaban J connectivity index is 3.09. The lowest BCUT2D eigenvalue weighted by atomic mass is 10.2. The fourth-order valence-electron chi connectivity index (χ4n) is 1.50. The van der Waals surface area contributed by atoms with Crippen LogP contribution in [0, 0.1) is 6.92 Å². The quantitative estimate of drug-likeness (QED) is 0.559. The highest BCUT2D eigenvalue weighted by atomic mass is 28.3. The standard InChI is InChI=1S/C13H20OSi/c1-6-9-14-12-8-7-11(2)10-13(12)15(3,4)5/h6-8,10H,1,9H2,2-5H3. The third-order valence-corrected chi connectivity index (χ3v) is 4.31. The van der Waals surface area contributed by atoms with Gasteiger partial charge in [0.25, 0.3) is 0 Å². The Bertz CT molecular complexity index is 350. The van der Waals surface area contributed by atoms with Crippen molar-refractivity contribution in [3.63, 3.8) is 0 Å². The van der Waals surface area contributed by atoms with Crippen molar-refractivity contribution in [1.29, 1.82) is 0 Å². The molecule has 0 aliphatic rings. The molecule has 0 heterocycles. The van der Waals surface area contributed by atoms with Crippen LogP contribution >= 0.6 is 0 Å². The molecule has 0 unspecified atom stereocenters. The van der Waals surface area contributed by atoms with Gasteiger partial charge in [-0.05, 0) is 18.2 Å². The summed E-state index contributed by atoms with van der Waals surface area (Å²) in [6, 6.07) is 6.43. The molecule has 0 fully saturated rings. The van der Waals surface area contributed by atoms with E-state index in [1.807, 2.05) is 0 Å². The minimum Gasteiger partial charge on any atom is -0.490 e. The zero-order valence-corrected chi connectivity index (χ0v) is 11.1. The molecule has 0 aromatic heterocycles. The van der Waals surface area contributed by atoms with Crippen molar-refractivity contribution in [3.8, 4) is 5.75 Å². The van der Waals surface area contributed by atoms with Crippen LogP contribution in [-0.4, -0.2) is 14.7 Å². The van der Waals surface area contributed by atoms with Crippen molar-refractivity contribution >= 4 is 13.3 Å². The van der Waals surface area contributed by atoms with Gasteiger partial charge in [0, 0.05) is 0 Å². The average Bonchev–Trinajstić information content (AvgIpc) is 2.14. The van der Waals surface area contributed by atoms with Gasteiger partial charge in [0.2, 0.25) is 0 Å². The maximum atomic E-state index is 5.68. The molecule has 2 heteroatoms. The van der Waals surface area contributed by atoms with E-state index in [-0.39, 0.29) is 0 Å². The summed E-state index contributed by atoms with van der Waals surface area (Å²) >= 11 is 0. The van der Waals surface area contributed by atoms with Gasteiger partial charge in [-0.2, -0.15) is 0 Å². The van der Waals surface area contributed by atoms with Crippen molar-refractivity contribution in [2.75, 3.05) is 6.61 Å². The van der Waals surface area contributed by atoms with Crippen molar-refractivity contribution < 1.29 is 4.74 Å². The van der Waals surface area contributed by atoms with Crippen LogP contribution in [0.5, 0.6) is 5.75 Å². The Hall–Kier alpha value is -1.02. The van der Waals surface area contributed by atoms with E-state index in [1.165, 1.54) is 10.8 Å². The van der Waals surface area contributed by atoms with Crippen LogP contribution in [0.2, 0.25) is 19.6 Å². The van der Waals surface area contributed by atoms with Crippen LogP contribution < -0.4 is 9.92 Å². The van der Waals surface area contributed by atoms with Crippen LogP contribution in [-0.2, 0) is 0 Å². The Morgan fingerprint density at radius 2 is 2.00 bits per heavy atom. The zero-order chi connectivity index (χ0) is 11.5. The van der Waals surface area contributed by atoms with E-state index in [0.29, 0.717) is 6.61 Å². The third-order valence-electron chi connectivity index (χ3n) is 2.30. The highest BCUT2D eigenvalue weighted by molar-refractivity contribution is 6.89. The highest BCUT2D eigenvalue weighted by Gasteiger charge is 2.21. The molecule has 1 aromatic carbocycles. The molecule has 1 rings (SSSR count). The SMILES string of the molecule is C=CCOc1ccc(C)cc1[Si](C)(C)C. The van der Waals surface area contributed by atoms with E-state index in [0.717, 1.165) is 5.75 Å². The van der Waals surface area contributed by atoms with Gasteiger partial charge in [0.1, 0.15) is 12.4 Å². The normalized spacial score (nSPS) is 11.2. The molecule has 15 heavy (non-hydrogen) atoms. The topological polar surface area (TPSA) is 9.23 Å². The summed E-state index contributed by atoms with van der Waals surface area (Å²) in [5.41, 5.74) is 1.30. The summed E-state index contributed by atoms with van der Waals surface area (Å²) in [5, 5.41) is 1.39. The summed E-state index contributed by atoms with van der Waals surface area (Å²) < 4.78 is 5.68. The van der Waals surface area contributed by atoms with Gasteiger partial charge in [0.15, 0.2) is 0 Å². The fraction of sp³-hybridized carbons (Fsp3) is 0.385. The molecule has 1 aromatic rings. The van der Waals surface area contributed by atoms with Gasteiger partial charge in [-0.25, -0.2) is 0 Å². The molecule has 82 valence electrons. The van der Waals surface area contributed by atoms with E-state index in [9.17, 15) is 0 Å². The molecule has 0 amide bonds. The number of benzene rings is 1. The molecule has 0 bridgehead atoms. The van der Waals surface area contributed by atoms with E-state index < -0.39 is 8.07 Å². The number of aryl methyl sites for hydroxylation is 1. The van der Waals surface area contributed by atoms with Crippen molar-refractivity contribution in [2.45, 2.75) is 26.6 Å². The first-order valence-electron chi connectivity index (χ1n) is 5.30. The van der Waals surface area contributed by atoms with Crippen molar-refractivity contribution in [3.05, 3.63) is 36.4 Å². The van der Waals surface area contributed by atoms with Gasteiger partial charge in [-0.15, -0.1) is 0 Å². The molecule has 0 atom stereocenters.